The molecule has 1 aromatic carbocycles. The number of sulfonamides is 1. The van der Waals surface area contributed by atoms with Crippen molar-refractivity contribution in [3.63, 3.8) is 0 Å². The van der Waals surface area contributed by atoms with Crippen LogP contribution >= 0.6 is 0 Å². The van der Waals surface area contributed by atoms with Crippen molar-refractivity contribution in [3.8, 4) is 0 Å². The Morgan fingerprint density at radius 2 is 2.09 bits per heavy atom. The van der Waals surface area contributed by atoms with Crippen LogP contribution in [0.4, 0.5) is 5.69 Å². The van der Waals surface area contributed by atoms with E-state index in [4.69, 9.17) is 4.74 Å². The van der Waals surface area contributed by atoms with E-state index in [1.165, 1.54) is 11.2 Å². The van der Waals surface area contributed by atoms with Gasteiger partial charge in [-0.2, -0.15) is 4.31 Å². The van der Waals surface area contributed by atoms with Crippen molar-refractivity contribution in [2.24, 2.45) is 0 Å². The highest BCUT2D eigenvalue weighted by atomic mass is 32.2. The molecule has 0 radical (unpaired) electrons. The van der Waals surface area contributed by atoms with Gasteiger partial charge in [0.15, 0.2) is 0 Å². The first kappa shape index (κ1) is 15.5. The van der Waals surface area contributed by atoms with E-state index in [9.17, 15) is 13.2 Å². The minimum atomic E-state index is -3.55. The summed E-state index contributed by atoms with van der Waals surface area (Å²) >= 11 is 0. The zero-order valence-electron chi connectivity index (χ0n) is 12.8. The Hall–Kier alpha value is -1.44. The Kier molecular flexibility index (Phi) is 3.96. The van der Waals surface area contributed by atoms with Crippen LogP contribution in [0.5, 0.6) is 0 Å². The summed E-state index contributed by atoms with van der Waals surface area (Å²) in [4.78, 5) is 13.5. The maximum absolute atomic E-state index is 12.8. The first-order chi connectivity index (χ1) is 10.4. The monoisotopic (exact) mass is 324 g/mol. The lowest BCUT2D eigenvalue weighted by atomic mass is 10.2. The number of hydrogen-bond donors (Lipinski definition) is 0. The number of morpholine rings is 1. The van der Waals surface area contributed by atoms with Gasteiger partial charge in [-0.05, 0) is 31.0 Å². The number of anilines is 1. The molecule has 120 valence electrons. The second-order valence-corrected chi connectivity index (χ2v) is 7.69. The van der Waals surface area contributed by atoms with Gasteiger partial charge in [0.2, 0.25) is 15.9 Å². The summed E-state index contributed by atoms with van der Waals surface area (Å²) in [5.41, 5.74) is 1.74. The standard InChI is InChI=1S/C15H20N2O4S/c1-11-10-16(7-8-21-11)22(19,20)14-4-3-13-5-6-17(12(2)18)15(13)9-14/h3-4,9,11H,5-8,10H2,1-2H3. The van der Waals surface area contributed by atoms with Crippen molar-refractivity contribution in [2.45, 2.75) is 31.3 Å². The highest BCUT2D eigenvalue weighted by Gasteiger charge is 2.31. The fourth-order valence-electron chi connectivity index (χ4n) is 3.00. The Morgan fingerprint density at radius 3 is 2.77 bits per heavy atom. The van der Waals surface area contributed by atoms with Gasteiger partial charge in [0.1, 0.15) is 0 Å². The highest BCUT2D eigenvalue weighted by molar-refractivity contribution is 7.89. The van der Waals surface area contributed by atoms with E-state index in [0.29, 0.717) is 26.2 Å². The molecule has 0 saturated carbocycles. The zero-order chi connectivity index (χ0) is 15.9. The van der Waals surface area contributed by atoms with Crippen molar-refractivity contribution in [1.29, 1.82) is 0 Å². The van der Waals surface area contributed by atoms with Gasteiger partial charge < -0.3 is 9.64 Å². The molecule has 1 aromatic rings. The van der Waals surface area contributed by atoms with Gasteiger partial charge in [-0.15, -0.1) is 0 Å². The summed E-state index contributed by atoms with van der Waals surface area (Å²) in [7, 11) is -3.55. The number of benzene rings is 1. The normalized spacial score (nSPS) is 22.6. The van der Waals surface area contributed by atoms with E-state index in [0.717, 1.165) is 17.7 Å². The number of nitrogens with zero attached hydrogens (tertiary/aromatic N) is 2. The van der Waals surface area contributed by atoms with Crippen molar-refractivity contribution in [2.75, 3.05) is 31.1 Å². The van der Waals surface area contributed by atoms with Gasteiger partial charge in [-0.3, -0.25) is 4.79 Å². The lowest BCUT2D eigenvalue weighted by molar-refractivity contribution is -0.116. The Morgan fingerprint density at radius 1 is 1.32 bits per heavy atom. The molecule has 0 N–H and O–H groups in total. The van der Waals surface area contributed by atoms with Crippen molar-refractivity contribution in [3.05, 3.63) is 23.8 Å². The van der Waals surface area contributed by atoms with Crippen molar-refractivity contribution in [1.82, 2.24) is 4.31 Å². The van der Waals surface area contributed by atoms with Crippen LogP contribution in [-0.4, -0.2) is 51.0 Å². The number of ether oxygens (including phenoxy) is 1. The van der Waals surface area contributed by atoms with Crippen LogP contribution in [0.2, 0.25) is 0 Å². The third kappa shape index (κ3) is 2.64. The molecule has 22 heavy (non-hydrogen) atoms. The minimum absolute atomic E-state index is 0.0618. The molecule has 0 spiro atoms. The lowest BCUT2D eigenvalue weighted by Crippen LogP contribution is -2.44. The summed E-state index contributed by atoms with van der Waals surface area (Å²) in [6, 6.07) is 5.08. The second-order valence-electron chi connectivity index (χ2n) is 5.76. The van der Waals surface area contributed by atoms with E-state index in [1.54, 1.807) is 17.0 Å². The van der Waals surface area contributed by atoms with Crippen molar-refractivity contribution >= 4 is 21.6 Å². The molecule has 2 heterocycles. The molecule has 1 fully saturated rings. The predicted molar refractivity (Wildman–Crippen MR) is 82.3 cm³/mol. The summed E-state index contributed by atoms with van der Waals surface area (Å²) in [6.45, 7) is 5.10. The molecule has 0 aromatic heterocycles. The van der Waals surface area contributed by atoms with E-state index in [-0.39, 0.29) is 16.9 Å². The molecule has 2 aliphatic rings. The van der Waals surface area contributed by atoms with Crippen LogP contribution in [0, 0.1) is 0 Å². The van der Waals surface area contributed by atoms with Crippen LogP contribution < -0.4 is 4.90 Å². The van der Waals surface area contributed by atoms with Crippen LogP contribution in [0.3, 0.4) is 0 Å². The fourth-order valence-corrected chi connectivity index (χ4v) is 4.52. The van der Waals surface area contributed by atoms with Crippen molar-refractivity contribution < 1.29 is 17.9 Å². The van der Waals surface area contributed by atoms with Crippen LogP contribution in [-0.2, 0) is 26.0 Å². The average molecular weight is 324 g/mol. The highest BCUT2D eigenvalue weighted by Crippen LogP contribution is 2.31. The largest absolute Gasteiger partial charge is 0.376 e. The van der Waals surface area contributed by atoms with Gasteiger partial charge in [0, 0.05) is 32.2 Å². The topological polar surface area (TPSA) is 66.9 Å². The summed E-state index contributed by atoms with van der Waals surface area (Å²) in [5, 5.41) is 0. The molecule has 6 nitrogen and oxygen atoms in total. The van der Waals surface area contributed by atoms with Gasteiger partial charge in [-0.1, -0.05) is 6.07 Å². The fraction of sp³-hybridized carbons (Fsp3) is 0.533. The van der Waals surface area contributed by atoms with Gasteiger partial charge in [0.05, 0.1) is 17.6 Å². The number of fused-ring (bicyclic) bond motifs is 1. The van der Waals surface area contributed by atoms with E-state index in [2.05, 4.69) is 0 Å². The van der Waals surface area contributed by atoms with E-state index >= 15 is 0 Å². The van der Waals surface area contributed by atoms with Gasteiger partial charge in [-0.25, -0.2) is 8.42 Å². The van der Waals surface area contributed by atoms with Crippen LogP contribution in [0.25, 0.3) is 0 Å². The first-order valence-electron chi connectivity index (χ1n) is 7.42. The van der Waals surface area contributed by atoms with E-state index < -0.39 is 10.0 Å². The van der Waals surface area contributed by atoms with Crippen LogP contribution in [0.15, 0.2) is 23.1 Å². The smallest absolute Gasteiger partial charge is 0.243 e. The third-order valence-electron chi connectivity index (χ3n) is 4.17. The Bertz CT molecular complexity index is 701. The quantitative estimate of drug-likeness (QED) is 0.814. The molecule has 0 bridgehead atoms. The second kappa shape index (κ2) is 5.64. The van der Waals surface area contributed by atoms with Gasteiger partial charge in [0.25, 0.3) is 0 Å². The number of carbonyl (C=O) groups excluding carboxylic acids is 1. The zero-order valence-corrected chi connectivity index (χ0v) is 13.6. The number of amides is 1. The SMILES string of the molecule is CC(=O)N1CCc2ccc(S(=O)(=O)N3CCOC(C)C3)cc21. The third-order valence-corrected chi connectivity index (χ3v) is 6.04. The number of rotatable bonds is 2. The van der Waals surface area contributed by atoms with E-state index in [1.807, 2.05) is 13.0 Å². The maximum Gasteiger partial charge on any atom is 0.243 e. The molecule has 1 atom stereocenters. The van der Waals surface area contributed by atoms with Crippen LogP contribution in [0.1, 0.15) is 19.4 Å². The molecular formula is C15H20N2O4S. The lowest BCUT2D eigenvalue weighted by Gasteiger charge is -2.30. The molecule has 2 aliphatic heterocycles. The molecule has 0 aliphatic carbocycles. The number of carbonyl (C=O) groups is 1. The summed E-state index contributed by atoms with van der Waals surface area (Å²) < 4.78 is 32.4. The Balaban J connectivity index is 1.95. The average Bonchev–Trinajstić information content (AvgIpc) is 2.90. The minimum Gasteiger partial charge on any atom is -0.376 e. The molecule has 1 amide bonds. The summed E-state index contributed by atoms with van der Waals surface area (Å²) in [6.07, 6.45) is 0.663. The molecule has 3 rings (SSSR count). The van der Waals surface area contributed by atoms with Gasteiger partial charge >= 0.3 is 0 Å². The molecule has 1 unspecified atom stereocenters. The predicted octanol–water partition coefficient (Wildman–Crippen LogP) is 1.00. The molecular weight excluding hydrogens is 304 g/mol. The first-order valence-corrected chi connectivity index (χ1v) is 8.86. The molecule has 7 heteroatoms. The Labute approximate surface area is 130 Å². The summed E-state index contributed by atoms with van der Waals surface area (Å²) in [5.74, 6) is -0.0618. The molecule has 1 saturated heterocycles. The number of hydrogen-bond acceptors (Lipinski definition) is 4. The maximum atomic E-state index is 12.8.